The molecule has 2 aliphatic rings. The molecule has 0 bridgehead atoms. The molecule has 3 N–H and O–H groups in total. The second kappa shape index (κ2) is 8.12. The Kier molecular flexibility index (Phi) is 6.59. The Labute approximate surface area is 159 Å². The highest BCUT2D eigenvalue weighted by atomic mass is 35.5. The molecule has 1 aromatic carbocycles. The molecule has 25 heavy (non-hydrogen) atoms. The van der Waals surface area contributed by atoms with E-state index in [4.69, 9.17) is 17.3 Å². The average Bonchev–Trinajstić information content (AvgIpc) is 3.12. The Morgan fingerprint density at radius 1 is 1.32 bits per heavy atom. The minimum atomic E-state index is -3.26. The number of hydrogen-bond donors (Lipinski definition) is 2. The third-order valence-electron chi connectivity index (χ3n) is 4.86. The first-order chi connectivity index (χ1) is 11.4. The summed E-state index contributed by atoms with van der Waals surface area (Å²) in [6, 6.07) is 4.86. The zero-order chi connectivity index (χ0) is 17.3. The van der Waals surface area contributed by atoms with Crippen LogP contribution < -0.4 is 15.4 Å². The zero-order valence-corrected chi connectivity index (χ0v) is 16.2. The summed E-state index contributed by atoms with van der Waals surface area (Å²) in [6.45, 7) is 1.01. The summed E-state index contributed by atoms with van der Waals surface area (Å²) in [5.41, 5.74) is 6.61. The van der Waals surface area contributed by atoms with Crippen molar-refractivity contribution in [1.29, 1.82) is 0 Å². The van der Waals surface area contributed by atoms with Gasteiger partial charge in [-0.2, -0.15) is 0 Å². The number of anilines is 1. The van der Waals surface area contributed by atoms with E-state index in [1.54, 1.807) is 18.2 Å². The Hall–Kier alpha value is -1.02. The lowest BCUT2D eigenvalue weighted by Gasteiger charge is -2.21. The van der Waals surface area contributed by atoms with Crippen LogP contribution in [0.4, 0.5) is 5.69 Å². The fourth-order valence-corrected chi connectivity index (χ4v) is 5.34. The Morgan fingerprint density at radius 2 is 2.08 bits per heavy atom. The lowest BCUT2D eigenvalue weighted by Crippen LogP contribution is -2.40. The van der Waals surface area contributed by atoms with Crippen LogP contribution in [0.5, 0.6) is 0 Å². The predicted molar refractivity (Wildman–Crippen MR) is 102 cm³/mol. The van der Waals surface area contributed by atoms with Crippen molar-refractivity contribution in [2.75, 3.05) is 23.1 Å². The molecule has 0 spiro atoms. The molecule has 2 unspecified atom stereocenters. The van der Waals surface area contributed by atoms with E-state index in [0.717, 1.165) is 19.3 Å². The van der Waals surface area contributed by atoms with Crippen LogP contribution in [0.3, 0.4) is 0 Å². The molecule has 140 valence electrons. The number of nitrogens with one attached hydrogen (secondary N) is 1. The van der Waals surface area contributed by atoms with Gasteiger partial charge in [-0.15, -0.1) is 12.4 Å². The molecular formula is C16H23Cl2N3O3S. The van der Waals surface area contributed by atoms with Gasteiger partial charge in [-0.25, -0.2) is 8.42 Å². The van der Waals surface area contributed by atoms with Gasteiger partial charge < -0.3 is 11.1 Å². The van der Waals surface area contributed by atoms with Crippen LogP contribution >= 0.6 is 24.0 Å². The number of carbonyl (C=O) groups excluding carboxylic acids is 1. The topological polar surface area (TPSA) is 92.5 Å². The van der Waals surface area contributed by atoms with Crippen molar-refractivity contribution in [3.05, 3.63) is 28.8 Å². The molecule has 2 atom stereocenters. The summed E-state index contributed by atoms with van der Waals surface area (Å²) in [5.74, 6) is 0.220. The molecule has 1 aliphatic heterocycles. The van der Waals surface area contributed by atoms with Gasteiger partial charge >= 0.3 is 0 Å². The Balaban J connectivity index is 0.00000225. The minimum absolute atomic E-state index is 0. The van der Waals surface area contributed by atoms with Crippen LogP contribution in [0.15, 0.2) is 18.2 Å². The van der Waals surface area contributed by atoms with Gasteiger partial charge in [0.05, 0.1) is 22.0 Å². The quantitative estimate of drug-likeness (QED) is 0.799. The Morgan fingerprint density at radius 3 is 2.68 bits per heavy atom. The van der Waals surface area contributed by atoms with Crippen molar-refractivity contribution in [2.45, 2.75) is 31.7 Å². The number of amides is 1. The summed E-state index contributed by atoms with van der Waals surface area (Å²) in [6.07, 6.45) is 3.62. The van der Waals surface area contributed by atoms with E-state index in [9.17, 15) is 13.2 Å². The van der Waals surface area contributed by atoms with Crippen molar-refractivity contribution in [2.24, 2.45) is 11.7 Å². The fraction of sp³-hybridized carbons (Fsp3) is 0.562. The second-order valence-electron chi connectivity index (χ2n) is 6.41. The molecule has 9 heteroatoms. The monoisotopic (exact) mass is 407 g/mol. The average molecular weight is 408 g/mol. The Bertz CT molecular complexity index is 742. The lowest BCUT2D eigenvalue weighted by atomic mass is 10.0. The molecule has 0 aromatic heterocycles. The van der Waals surface area contributed by atoms with Gasteiger partial charge in [0.1, 0.15) is 0 Å². The second-order valence-corrected chi connectivity index (χ2v) is 8.83. The van der Waals surface area contributed by atoms with Crippen molar-refractivity contribution in [3.8, 4) is 0 Å². The first-order valence-corrected chi connectivity index (χ1v) is 10.2. The zero-order valence-electron chi connectivity index (χ0n) is 13.8. The predicted octanol–water partition coefficient (Wildman–Crippen LogP) is 2.16. The molecule has 6 nitrogen and oxygen atoms in total. The van der Waals surface area contributed by atoms with Gasteiger partial charge in [-0.1, -0.05) is 18.0 Å². The van der Waals surface area contributed by atoms with E-state index in [1.807, 2.05) is 0 Å². The molecule has 1 saturated heterocycles. The van der Waals surface area contributed by atoms with Gasteiger partial charge in [-0.3, -0.25) is 9.10 Å². The van der Waals surface area contributed by atoms with E-state index in [0.29, 0.717) is 36.7 Å². The summed E-state index contributed by atoms with van der Waals surface area (Å²) < 4.78 is 25.3. The van der Waals surface area contributed by atoms with E-state index in [1.165, 1.54) is 4.31 Å². The SMILES string of the molecule is Cl.NCC1CCCC1NC(=O)c1ccc(N2CCCS2(=O)=O)cc1Cl. The highest BCUT2D eigenvalue weighted by molar-refractivity contribution is 7.93. The van der Waals surface area contributed by atoms with Gasteiger partial charge in [0, 0.05) is 12.6 Å². The number of benzene rings is 1. The highest BCUT2D eigenvalue weighted by Gasteiger charge is 2.30. The number of halogens is 2. The third kappa shape index (κ3) is 4.22. The van der Waals surface area contributed by atoms with Crippen LogP contribution in [0.1, 0.15) is 36.0 Å². The molecule has 1 heterocycles. The normalized spacial score (nSPS) is 24.8. The third-order valence-corrected chi connectivity index (χ3v) is 7.05. The van der Waals surface area contributed by atoms with E-state index in [-0.39, 0.29) is 35.1 Å². The maximum Gasteiger partial charge on any atom is 0.253 e. The smallest absolute Gasteiger partial charge is 0.253 e. The summed E-state index contributed by atoms with van der Waals surface area (Å²) in [4.78, 5) is 12.5. The highest BCUT2D eigenvalue weighted by Crippen LogP contribution is 2.30. The van der Waals surface area contributed by atoms with Gasteiger partial charge in [-0.05, 0) is 49.9 Å². The summed E-state index contributed by atoms with van der Waals surface area (Å²) in [7, 11) is -3.26. The van der Waals surface area contributed by atoms with Gasteiger partial charge in [0.2, 0.25) is 10.0 Å². The first-order valence-electron chi connectivity index (χ1n) is 8.23. The number of carbonyl (C=O) groups is 1. The maximum absolute atomic E-state index is 12.5. The van der Waals surface area contributed by atoms with Crippen LogP contribution in [0.2, 0.25) is 5.02 Å². The molecule has 1 amide bonds. The van der Waals surface area contributed by atoms with Crippen LogP contribution in [0.25, 0.3) is 0 Å². The van der Waals surface area contributed by atoms with Crippen molar-refractivity contribution < 1.29 is 13.2 Å². The van der Waals surface area contributed by atoms with Crippen molar-refractivity contribution in [3.63, 3.8) is 0 Å². The summed E-state index contributed by atoms with van der Waals surface area (Å²) in [5, 5.41) is 3.27. The molecule has 1 saturated carbocycles. The largest absolute Gasteiger partial charge is 0.349 e. The van der Waals surface area contributed by atoms with Crippen LogP contribution in [-0.2, 0) is 10.0 Å². The van der Waals surface area contributed by atoms with E-state index >= 15 is 0 Å². The number of nitrogens with two attached hydrogens (primary N) is 1. The lowest BCUT2D eigenvalue weighted by molar-refractivity contribution is 0.0929. The maximum atomic E-state index is 12.5. The van der Waals surface area contributed by atoms with Crippen LogP contribution in [0, 0.1) is 5.92 Å². The van der Waals surface area contributed by atoms with E-state index < -0.39 is 10.0 Å². The minimum Gasteiger partial charge on any atom is -0.349 e. The molecule has 1 aliphatic carbocycles. The number of nitrogens with zero attached hydrogens (tertiary/aromatic N) is 1. The number of hydrogen-bond acceptors (Lipinski definition) is 4. The number of sulfonamides is 1. The van der Waals surface area contributed by atoms with Crippen molar-refractivity contribution in [1.82, 2.24) is 5.32 Å². The van der Waals surface area contributed by atoms with Crippen LogP contribution in [-0.4, -0.2) is 39.2 Å². The standard InChI is InChI=1S/C16H22ClN3O3S.ClH/c17-14-9-12(20-7-2-8-24(20,22)23)5-6-13(14)16(21)19-15-4-1-3-11(15)10-18;/h5-6,9,11,15H,1-4,7-8,10,18H2,(H,19,21);1H. The molecule has 2 fully saturated rings. The fourth-order valence-electron chi connectivity index (χ4n) is 3.53. The molecule has 0 radical (unpaired) electrons. The van der Waals surface area contributed by atoms with Gasteiger partial charge in [0.15, 0.2) is 0 Å². The molecule has 1 aromatic rings. The first kappa shape index (κ1) is 20.3. The van der Waals surface area contributed by atoms with E-state index in [2.05, 4.69) is 5.32 Å². The molecule has 3 rings (SSSR count). The van der Waals surface area contributed by atoms with Gasteiger partial charge in [0.25, 0.3) is 5.91 Å². The summed E-state index contributed by atoms with van der Waals surface area (Å²) >= 11 is 6.24. The molecular weight excluding hydrogens is 385 g/mol. The number of rotatable bonds is 4. The van der Waals surface area contributed by atoms with Crippen molar-refractivity contribution >= 4 is 45.6 Å².